The van der Waals surface area contributed by atoms with E-state index in [4.69, 9.17) is 9.47 Å². The molecule has 0 bridgehead atoms. The van der Waals surface area contributed by atoms with E-state index in [2.05, 4.69) is 33.1 Å². The van der Waals surface area contributed by atoms with Crippen LogP contribution in [0.3, 0.4) is 0 Å². The topological polar surface area (TPSA) is 63.2 Å². The molecule has 142 valence electrons. The fraction of sp³-hybridized carbons (Fsp3) is 0.263. The van der Waals surface area contributed by atoms with Crippen molar-refractivity contribution in [3.8, 4) is 5.75 Å². The minimum atomic E-state index is -0.392. The number of ether oxygens (including phenoxy) is 2. The molecule has 1 heterocycles. The molecule has 1 aliphatic rings. The minimum Gasteiger partial charge on any atom is -0.483 e. The van der Waals surface area contributed by atoms with Gasteiger partial charge in [0.05, 0.1) is 28.7 Å². The SMILES string of the molecule is O=C(COc1ccccc1I)N/N=C/c1ccc(N2CCOCC2)c(F)c1. The van der Waals surface area contributed by atoms with Crippen LogP contribution in [0.25, 0.3) is 0 Å². The van der Waals surface area contributed by atoms with Crippen LogP contribution in [0.15, 0.2) is 47.6 Å². The van der Waals surface area contributed by atoms with Crippen LogP contribution in [-0.2, 0) is 9.53 Å². The molecule has 2 aromatic rings. The molecule has 0 atom stereocenters. The third-order valence-corrected chi connectivity index (χ3v) is 4.81. The van der Waals surface area contributed by atoms with Gasteiger partial charge < -0.3 is 14.4 Å². The highest BCUT2D eigenvalue weighted by Crippen LogP contribution is 2.21. The number of nitrogens with zero attached hydrogens (tertiary/aromatic N) is 2. The molecule has 2 aromatic carbocycles. The fourth-order valence-corrected chi connectivity index (χ4v) is 3.12. The second kappa shape index (κ2) is 9.65. The van der Waals surface area contributed by atoms with E-state index in [0.29, 0.717) is 43.3 Å². The third-order valence-electron chi connectivity index (χ3n) is 3.92. The lowest BCUT2D eigenvalue weighted by Crippen LogP contribution is -2.36. The molecule has 0 aliphatic carbocycles. The highest BCUT2D eigenvalue weighted by atomic mass is 127. The van der Waals surface area contributed by atoms with Gasteiger partial charge in [-0.15, -0.1) is 0 Å². The number of halogens is 2. The van der Waals surface area contributed by atoms with Crippen molar-refractivity contribution in [1.29, 1.82) is 0 Å². The van der Waals surface area contributed by atoms with Gasteiger partial charge in [-0.25, -0.2) is 9.82 Å². The molecule has 27 heavy (non-hydrogen) atoms. The van der Waals surface area contributed by atoms with Gasteiger partial charge in [-0.3, -0.25) is 4.79 Å². The summed E-state index contributed by atoms with van der Waals surface area (Å²) in [5.41, 5.74) is 3.48. The van der Waals surface area contributed by atoms with Gasteiger partial charge in [-0.2, -0.15) is 5.10 Å². The van der Waals surface area contributed by atoms with Crippen LogP contribution in [-0.4, -0.2) is 45.0 Å². The van der Waals surface area contributed by atoms with Gasteiger partial charge in [0.25, 0.3) is 5.91 Å². The number of hydrazone groups is 1. The molecular weight excluding hydrogens is 464 g/mol. The fourth-order valence-electron chi connectivity index (χ4n) is 2.58. The van der Waals surface area contributed by atoms with E-state index >= 15 is 0 Å². The first-order valence-electron chi connectivity index (χ1n) is 8.45. The first kappa shape index (κ1) is 19.6. The number of para-hydroxylation sites is 1. The summed E-state index contributed by atoms with van der Waals surface area (Å²) in [5.74, 6) is -0.0801. The van der Waals surface area contributed by atoms with Crippen molar-refractivity contribution in [3.63, 3.8) is 0 Å². The minimum absolute atomic E-state index is 0.151. The number of amides is 1. The molecule has 0 saturated carbocycles. The van der Waals surface area contributed by atoms with Crippen molar-refractivity contribution in [2.24, 2.45) is 5.10 Å². The molecule has 1 aliphatic heterocycles. The summed E-state index contributed by atoms with van der Waals surface area (Å²) in [4.78, 5) is 13.7. The van der Waals surface area contributed by atoms with E-state index in [-0.39, 0.29) is 12.4 Å². The van der Waals surface area contributed by atoms with E-state index in [1.54, 1.807) is 18.2 Å². The van der Waals surface area contributed by atoms with Gasteiger partial charge in [0, 0.05) is 13.1 Å². The molecule has 6 nitrogen and oxygen atoms in total. The predicted molar refractivity (Wildman–Crippen MR) is 110 cm³/mol. The highest BCUT2D eigenvalue weighted by Gasteiger charge is 2.15. The summed E-state index contributed by atoms with van der Waals surface area (Å²) in [7, 11) is 0. The molecule has 3 rings (SSSR count). The van der Waals surface area contributed by atoms with Crippen molar-refractivity contribution < 1.29 is 18.7 Å². The molecule has 8 heteroatoms. The molecule has 1 N–H and O–H groups in total. The largest absolute Gasteiger partial charge is 0.483 e. The molecular formula is C19H19FIN3O3. The molecule has 1 saturated heterocycles. The lowest BCUT2D eigenvalue weighted by atomic mass is 10.2. The van der Waals surface area contributed by atoms with E-state index in [1.807, 2.05) is 23.1 Å². The number of anilines is 1. The summed E-state index contributed by atoms with van der Waals surface area (Å²) in [6.45, 7) is 2.38. The van der Waals surface area contributed by atoms with Gasteiger partial charge >= 0.3 is 0 Å². The average molecular weight is 483 g/mol. The number of carbonyl (C=O) groups is 1. The normalized spacial score (nSPS) is 14.4. The van der Waals surface area contributed by atoms with Gasteiger partial charge in [-0.05, 0) is 52.4 Å². The van der Waals surface area contributed by atoms with Crippen LogP contribution in [0, 0.1) is 9.39 Å². The van der Waals surface area contributed by atoms with Gasteiger partial charge in [0.1, 0.15) is 11.6 Å². The lowest BCUT2D eigenvalue weighted by Gasteiger charge is -2.29. The van der Waals surface area contributed by atoms with Crippen molar-refractivity contribution in [2.75, 3.05) is 37.8 Å². The van der Waals surface area contributed by atoms with Crippen LogP contribution >= 0.6 is 22.6 Å². The molecule has 0 radical (unpaired) electrons. The zero-order valence-corrected chi connectivity index (χ0v) is 16.7. The molecule has 1 amide bonds. The maximum atomic E-state index is 14.3. The number of morpholine rings is 1. The van der Waals surface area contributed by atoms with Gasteiger partial charge in [0.15, 0.2) is 6.61 Å². The Morgan fingerprint density at radius 2 is 2.07 bits per heavy atom. The maximum absolute atomic E-state index is 14.3. The Labute approximate surface area is 170 Å². The van der Waals surface area contributed by atoms with Crippen LogP contribution in [0.1, 0.15) is 5.56 Å². The second-order valence-corrected chi connectivity index (χ2v) is 6.98. The predicted octanol–water partition coefficient (Wildman–Crippen LogP) is 2.80. The number of rotatable bonds is 6. The lowest BCUT2D eigenvalue weighted by molar-refractivity contribution is -0.123. The van der Waals surface area contributed by atoms with Crippen LogP contribution in [0.5, 0.6) is 5.75 Å². The average Bonchev–Trinajstić information content (AvgIpc) is 2.68. The van der Waals surface area contributed by atoms with Crippen molar-refractivity contribution in [2.45, 2.75) is 0 Å². The Kier molecular flexibility index (Phi) is 6.99. The van der Waals surface area contributed by atoms with Crippen LogP contribution in [0.4, 0.5) is 10.1 Å². The third kappa shape index (κ3) is 5.64. The number of carbonyl (C=O) groups excluding carboxylic acids is 1. The summed E-state index contributed by atoms with van der Waals surface area (Å²) in [5, 5.41) is 3.85. The monoisotopic (exact) mass is 483 g/mol. The number of hydrogen-bond acceptors (Lipinski definition) is 5. The standard InChI is InChI=1S/C19H19FIN3O3/c20-15-11-14(5-6-17(15)24-7-9-26-10-8-24)12-22-23-19(25)13-27-18-4-2-1-3-16(18)21/h1-6,11-12H,7-10,13H2,(H,23,25)/b22-12+. The second-order valence-electron chi connectivity index (χ2n) is 5.82. The number of nitrogens with one attached hydrogen (secondary N) is 1. The molecule has 0 spiro atoms. The first-order valence-corrected chi connectivity index (χ1v) is 9.53. The Balaban J connectivity index is 1.51. The smallest absolute Gasteiger partial charge is 0.277 e. The Morgan fingerprint density at radius 3 is 2.81 bits per heavy atom. The number of hydrogen-bond donors (Lipinski definition) is 1. The molecule has 0 aromatic heterocycles. The Morgan fingerprint density at radius 1 is 1.30 bits per heavy atom. The van der Waals surface area contributed by atoms with Crippen molar-refractivity contribution in [3.05, 3.63) is 57.4 Å². The zero-order valence-electron chi connectivity index (χ0n) is 14.5. The summed E-state index contributed by atoms with van der Waals surface area (Å²) in [6, 6.07) is 12.3. The quantitative estimate of drug-likeness (QED) is 0.390. The van der Waals surface area contributed by atoms with Crippen LogP contribution < -0.4 is 15.1 Å². The maximum Gasteiger partial charge on any atom is 0.277 e. The molecule has 0 unspecified atom stereocenters. The van der Waals surface area contributed by atoms with E-state index < -0.39 is 5.91 Å². The van der Waals surface area contributed by atoms with Crippen molar-refractivity contribution in [1.82, 2.24) is 5.43 Å². The van der Waals surface area contributed by atoms with Crippen LogP contribution in [0.2, 0.25) is 0 Å². The highest BCUT2D eigenvalue weighted by molar-refractivity contribution is 14.1. The summed E-state index contributed by atoms with van der Waals surface area (Å²) >= 11 is 2.13. The van der Waals surface area contributed by atoms with E-state index in [0.717, 1.165) is 3.57 Å². The van der Waals surface area contributed by atoms with Crippen molar-refractivity contribution >= 4 is 40.4 Å². The Hall–Kier alpha value is -2.20. The van der Waals surface area contributed by atoms with Gasteiger partial charge in [0.2, 0.25) is 0 Å². The van der Waals surface area contributed by atoms with Gasteiger partial charge in [-0.1, -0.05) is 18.2 Å². The summed E-state index contributed by atoms with van der Waals surface area (Å²) in [6.07, 6.45) is 1.40. The number of benzene rings is 2. The molecule has 1 fully saturated rings. The Bertz CT molecular complexity index is 826. The van der Waals surface area contributed by atoms with E-state index in [1.165, 1.54) is 12.3 Å². The van der Waals surface area contributed by atoms with E-state index in [9.17, 15) is 9.18 Å². The zero-order chi connectivity index (χ0) is 19.1. The first-order chi connectivity index (χ1) is 13.1. The summed E-state index contributed by atoms with van der Waals surface area (Å²) < 4.78 is 25.9.